The van der Waals surface area contributed by atoms with Crippen molar-refractivity contribution in [2.24, 2.45) is 5.73 Å². The third-order valence-electron chi connectivity index (χ3n) is 4.47. The lowest BCUT2D eigenvalue weighted by atomic mass is 10.1. The Morgan fingerprint density at radius 1 is 1.29 bits per heavy atom. The molecular weight excluding hydrogens is 481 g/mol. The van der Waals surface area contributed by atoms with Crippen molar-refractivity contribution in [3.05, 3.63) is 51.1 Å². The van der Waals surface area contributed by atoms with Gasteiger partial charge in [-0.15, -0.1) is 0 Å². The zero-order valence-corrected chi connectivity index (χ0v) is 17.3. The van der Waals surface area contributed by atoms with E-state index in [0.29, 0.717) is 10.1 Å². The lowest BCUT2D eigenvalue weighted by Crippen LogP contribution is -2.54. The molecule has 9 heteroatoms. The van der Waals surface area contributed by atoms with E-state index in [1.165, 1.54) is 12.1 Å². The topological polar surface area (TPSA) is 88.4 Å². The molecule has 2 aromatic rings. The zero-order chi connectivity index (χ0) is 20.3. The summed E-state index contributed by atoms with van der Waals surface area (Å²) < 4.78 is 35.0. The van der Waals surface area contributed by atoms with Crippen molar-refractivity contribution >= 4 is 39.9 Å². The highest BCUT2D eigenvalue weighted by atomic mass is 127. The molecule has 2 atom stereocenters. The summed E-state index contributed by atoms with van der Waals surface area (Å²) in [4.78, 5) is 12.1. The number of halogens is 3. The van der Waals surface area contributed by atoms with Gasteiger partial charge >= 0.3 is 0 Å². The Kier molecular flexibility index (Phi) is 6.68. The van der Waals surface area contributed by atoms with Crippen molar-refractivity contribution in [3.8, 4) is 5.75 Å². The summed E-state index contributed by atoms with van der Waals surface area (Å²) in [5.74, 6) is -1.94. The molecule has 1 aliphatic rings. The smallest absolute Gasteiger partial charge is 0.254 e. The first-order valence-electron chi connectivity index (χ1n) is 8.81. The van der Waals surface area contributed by atoms with Crippen LogP contribution in [0.2, 0.25) is 0 Å². The molecule has 1 fully saturated rings. The molecule has 1 saturated heterocycles. The molecule has 1 aliphatic heterocycles. The van der Waals surface area contributed by atoms with E-state index in [1.807, 2.05) is 29.5 Å². The average Bonchev–Trinajstić information content (AvgIpc) is 2.64. The SMILES string of the molecule is CC(Oc1cc(F)cc(Nc2ccc(I)cc2F)c1C(N)=O)C1CNCCN1. The summed E-state index contributed by atoms with van der Waals surface area (Å²) in [5.41, 5.74) is 5.65. The molecule has 1 amide bonds. The maximum Gasteiger partial charge on any atom is 0.254 e. The fourth-order valence-corrected chi connectivity index (χ4v) is 3.51. The van der Waals surface area contributed by atoms with Crippen LogP contribution in [0.15, 0.2) is 30.3 Å². The molecule has 3 rings (SSSR count). The monoisotopic (exact) mass is 502 g/mol. The van der Waals surface area contributed by atoms with E-state index >= 15 is 0 Å². The van der Waals surface area contributed by atoms with Gasteiger partial charge in [0.15, 0.2) is 0 Å². The van der Waals surface area contributed by atoms with Crippen LogP contribution in [-0.4, -0.2) is 37.7 Å². The number of nitrogens with two attached hydrogens (primary N) is 1. The minimum atomic E-state index is -0.801. The molecular formula is C19H21F2IN4O2. The van der Waals surface area contributed by atoms with Crippen molar-refractivity contribution in [1.29, 1.82) is 0 Å². The molecule has 5 N–H and O–H groups in total. The fraction of sp³-hybridized carbons (Fsp3) is 0.316. The van der Waals surface area contributed by atoms with Crippen LogP contribution >= 0.6 is 22.6 Å². The highest BCUT2D eigenvalue weighted by molar-refractivity contribution is 14.1. The molecule has 0 spiro atoms. The molecule has 6 nitrogen and oxygen atoms in total. The van der Waals surface area contributed by atoms with E-state index in [1.54, 1.807) is 6.07 Å². The van der Waals surface area contributed by atoms with Gasteiger partial charge in [0.1, 0.15) is 29.1 Å². The highest BCUT2D eigenvalue weighted by Gasteiger charge is 2.25. The number of primary amides is 1. The number of hydrogen-bond acceptors (Lipinski definition) is 5. The van der Waals surface area contributed by atoms with Crippen molar-refractivity contribution in [2.45, 2.75) is 19.1 Å². The van der Waals surface area contributed by atoms with Gasteiger partial charge in [-0.25, -0.2) is 8.78 Å². The van der Waals surface area contributed by atoms with Gasteiger partial charge in [-0.05, 0) is 53.8 Å². The summed E-state index contributed by atoms with van der Waals surface area (Å²) in [6.07, 6.45) is -0.351. The molecule has 0 bridgehead atoms. The van der Waals surface area contributed by atoms with Gasteiger partial charge in [0.25, 0.3) is 5.91 Å². The van der Waals surface area contributed by atoms with E-state index in [9.17, 15) is 13.6 Å². The molecule has 1 heterocycles. The van der Waals surface area contributed by atoms with Crippen LogP contribution < -0.4 is 26.4 Å². The fourth-order valence-electron chi connectivity index (χ4n) is 3.05. The third kappa shape index (κ3) is 4.89. The normalized spacial score (nSPS) is 17.8. The van der Waals surface area contributed by atoms with Gasteiger partial charge < -0.3 is 26.4 Å². The molecule has 0 aromatic heterocycles. The largest absolute Gasteiger partial charge is 0.488 e. The number of amides is 1. The first-order chi connectivity index (χ1) is 13.3. The predicted octanol–water partition coefficient (Wildman–Crippen LogP) is 2.74. The van der Waals surface area contributed by atoms with Crippen LogP contribution in [0, 0.1) is 15.2 Å². The second-order valence-corrected chi connectivity index (χ2v) is 7.77. The average molecular weight is 502 g/mol. The molecule has 2 unspecified atom stereocenters. The standard InChI is InChI=1S/C19H21F2IN4O2/c1-10(16-9-24-4-5-25-16)28-17-7-11(20)6-15(18(17)19(23)27)26-14-3-2-12(22)8-13(14)21/h2-3,6-8,10,16,24-26H,4-5,9H2,1H3,(H2,23,27). The van der Waals surface area contributed by atoms with Crippen molar-refractivity contribution in [1.82, 2.24) is 10.6 Å². The molecule has 2 aromatic carbocycles. The van der Waals surface area contributed by atoms with Gasteiger partial charge in [0, 0.05) is 29.3 Å². The van der Waals surface area contributed by atoms with Crippen LogP contribution in [0.4, 0.5) is 20.2 Å². The third-order valence-corrected chi connectivity index (χ3v) is 5.14. The van der Waals surface area contributed by atoms with Gasteiger partial charge in [-0.2, -0.15) is 0 Å². The van der Waals surface area contributed by atoms with Crippen molar-refractivity contribution in [2.75, 3.05) is 25.0 Å². The quantitative estimate of drug-likeness (QED) is 0.457. The summed E-state index contributed by atoms with van der Waals surface area (Å²) in [5, 5.41) is 9.30. The molecule has 150 valence electrons. The maximum atomic E-state index is 14.2. The number of anilines is 2. The van der Waals surface area contributed by atoms with Crippen LogP contribution in [0.1, 0.15) is 17.3 Å². The maximum absolute atomic E-state index is 14.2. The lowest BCUT2D eigenvalue weighted by molar-refractivity contribution is 0.0990. The second-order valence-electron chi connectivity index (χ2n) is 6.53. The number of piperazine rings is 1. The van der Waals surface area contributed by atoms with Crippen LogP contribution in [0.5, 0.6) is 5.75 Å². The van der Waals surface area contributed by atoms with Gasteiger partial charge in [-0.1, -0.05) is 0 Å². The first-order valence-corrected chi connectivity index (χ1v) is 9.89. The van der Waals surface area contributed by atoms with E-state index in [-0.39, 0.29) is 34.8 Å². The van der Waals surface area contributed by atoms with Crippen molar-refractivity contribution < 1.29 is 18.3 Å². The Morgan fingerprint density at radius 3 is 2.71 bits per heavy atom. The number of carbonyl (C=O) groups excluding carboxylic acids is 1. The highest BCUT2D eigenvalue weighted by Crippen LogP contribution is 2.32. The molecule has 28 heavy (non-hydrogen) atoms. The Balaban J connectivity index is 1.93. The van der Waals surface area contributed by atoms with Gasteiger partial charge in [0.05, 0.1) is 17.4 Å². The molecule has 0 radical (unpaired) electrons. The lowest BCUT2D eigenvalue weighted by Gasteiger charge is -2.30. The first kappa shape index (κ1) is 20.7. The summed E-state index contributed by atoms with van der Waals surface area (Å²) >= 11 is 1.98. The van der Waals surface area contributed by atoms with E-state index in [2.05, 4.69) is 16.0 Å². The Morgan fingerprint density at radius 2 is 2.07 bits per heavy atom. The van der Waals surface area contributed by atoms with Gasteiger partial charge in [0.2, 0.25) is 0 Å². The van der Waals surface area contributed by atoms with E-state index < -0.39 is 17.5 Å². The number of carbonyl (C=O) groups is 1. The van der Waals surface area contributed by atoms with E-state index in [0.717, 1.165) is 25.2 Å². The number of benzene rings is 2. The number of nitrogens with one attached hydrogen (secondary N) is 3. The summed E-state index contributed by atoms with van der Waals surface area (Å²) in [6, 6.07) is 6.72. The number of ether oxygens (including phenoxy) is 1. The van der Waals surface area contributed by atoms with Crippen LogP contribution in [0.25, 0.3) is 0 Å². The van der Waals surface area contributed by atoms with Crippen molar-refractivity contribution in [3.63, 3.8) is 0 Å². The summed E-state index contributed by atoms with van der Waals surface area (Å²) in [6.45, 7) is 4.14. The minimum Gasteiger partial charge on any atom is -0.488 e. The minimum absolute atomic E-state index is 0.0113. The predicted molar refractivity (Wildman–Crippen MR) is 112 cm³/mol. The number of rotatable bonds is 6. The second kappa shape index (κ2) is 9.01. The van der Waals surface area contributed by atoms with E-state index in [4.69, 9.17) is 10.5 Å². The van der Waals surface area contributed by atoms with Crippen LogP contribution in [0.3, 0.4) is 0 Å². The number of hydrogen-bond donors (Lipinski definition) is 4. The summed E-state index contributed by atoms with van der Waals surface area (Å²) in [7, 11) is 0. The molecule has 0 aliphatic carbocycles. The van der Waals surface area contributed by atoms with Gasteiger partial charge in [-0.3, -0.25) is 4.79 Å². The Hall–Kier alpha value is -1.98. The Bertz CT molecular complexity index is 875. The zero-order valence-electron chi connectivity index (χ0n) is 15.2. The Labute approximate surface area is 175 Å². The molecule has 0 saturated carbocycles. The van der Waals surface area contributed by atoms with Crippen LogP contribution in [-0.2, 0) is 0 Å².